The quantitative estimate of drug-likeness (QED) is 0.358. The van der Waals surface area contributed by atoms with E-state index in [2.05, 4.69) is 6.58 Å². The zero-order valence-electron chi connectivity index (χ0n) is 18.6. The second-order valence-electron chi connectivity index (χ2n) is 8.31. The molecule has 0 N–H and O–H groups in total. The van der Waals surface area contributed by atoms with Crippen LogP contribution in [0.2, 0.25) is 0 Å². The molecule has 5 rings (SSSR count). The Bertz CT molecular complexity index is 1470. The molecule has 1 aromatic heterocycles. The molecule has 5 nitrogen and oxygen atoms in total. The minimum absolute atomic E-state index is 0.0332. The lowest BCUT2D eigenvalue weighted by Gasteiger charge is -2.25. The third-order valence-corrected chi connectivity index (χ3v) is 5.93. The van der Waals surface area contributed by atoms with Gasteiger partial charge < -0.3 is 14.1 Å². The lowest BCUT2D eigenvalue weighted by molar-refractivity contribution is 0.0714. The fraction of sp³-hybridized carbons (Fsp3) is 0.143. The van der Waals surface area contributed by atoms with Crippen molar-refractivity contribution in [3.8, 4) is 5.75 Å². The molecule has 1 aliphatic heterocycles. The molecule has 3 aromatic carbocycles. The number of benzene rings is 3. The molecule has 0 spiro atoms. The normalized spacial score (nSPS) is 14.9. The van der Waals surface area contributed by atoms with Gasteiger partial charge in [0.25, 0.3) is 5.91 Å². The van der Waals surface area contributed by atoms with Crippen molar-refractivity contribution < 1.29 is 18.3 Å². The van der Waals surface area contributed by atoms with Crippen molar-refractivity contribution in [2.75, 3.05) is 6.61 Å². The maximum atomic E-state index is 13.7. The van der Waals surface area contributed by atoms with Crippen molar-refractivity contribution in [3.05, 3.63) is 123 Å². The zero-order chi connectivity index (χ0) is 23.8. The fourth-order valence-corrected chi connectivity index (χ4v) is 4.36. The van der Waals surface area contributed by atoms with Crippen molar-refractivity contribution in [1.82, 2.24) is 4.90 Å². The Morgan fingerprint density at radius 3 is 2.65 bits per heavy atom. The van der Waals surface area contributed by atoms with Crippen LogP contribution in [0, 0.1) is 12.7 Å². The van der Waals surface area contributed by atoms with Crippen LogP contribution < -0.4 is 10.2 Å². The minimum atomic E-state index is -0.680. The van der Waals surface area contributed by atoms with Gasteiger partial charge in [-0.1, -0.05) is 48.6 Å². The number of nitrogens with zero attached hydrogens (tertiary/aromatic N) is 1. The van der Waals surface area contributed by atoms with Crippen molar-refractivity contribution in [1.29, 1.82) is 0 Å². The van der Waals surface area contributed by atoms with Gasteiger partial charge in [0.2, 0.25) is 5.76 Å². The molecular formula is C28H22FNO4. The Kier molecular flexibility index (Phi) is 5.49. The molecule has 2 heterocycles. The smallest absolute Gasteiger partial charge is 0.291 e. The molecule has 0 saturated carbocycles. The highest BCUT2D eigenvalue weighted by atomic mass is 19.1. The van der Waals surface area contributed by atoms with Crippen LogP contribution in [-0.2, 0) is 6.54 Å². The van der Waals surface area contributed by atoms with Gasteiger partial charge in [0.05, 0.1) is 17.0 Å². The van der Waals surface area contributed by atoms with Crippen LogP contribution in [0.4, 0.5) is 4.39 Å². The van der Waals surface area contributed by atoms with Crippen LogP contribution in [0.15, 0.2) is 88.6 Å². The van der Waals surface area contributed by atoms with Crippen LogP contribution >= 0.6 is 0 Å². The summed E-state index contributed by atoms with van der Waals surface area (Å²) in [4.78, 5) is 28.8. The number of hydrogen-bond acceptors (Lipinski definition) is 4. The monoisotopic (exact) mass is 455 g/mol. The van der Waals surface area contributed by atoms with E-state index < -0.39 is 6.04 Å². The first-order valence-corrected chi connectivity index (χ1v) is 10.9. The predicted molar refractivity (Wildman–Crippen MR) is 127 cm³/mol. The number of halogens is 1. The molecule has 0 unspecified atom stereocenters. The Morgan fingerprint density at radius 2 is 1.88 bits per heavy atom. The third-order valence-electron chi connectivity index (χ3n) is 5.93. The summed E-state index contributed by atoms with van der Waals surface area (Å²) in [5.74, 6) is -0.116. The second-order valence-corrected chi connectivity index (χ2v) is 8.31. The molecule has 1 aliphatic rings. The zero-order valence-corrected chi connectivity index (χ0v) is 18.6. The molecule has 170 valence electrons. The first-order chi connectivity index (χ1) is 16.5. The van der Waals surface area contributed by atoms with Gasteiger partial charge in [-0.3, -0.25) is 9.59 Å². The van der Waals surface area contributed by atoms with E-state index in [0.717, 1.165) is 16.7 Å². The molecule has 0 bridgehead atoms. The van der Waals surface area contributed by atoms with Gasteiger partial charge in [-0.05, 0) is 54.4 Å². The van der Waals surface area contributed by atoms with Gasteiger partial charge in [-0.25, -0.2) is 4.39 Å². The first kappa shape index (κ1) is 21.6. The maximum absolute atomic E-state index is 13.7. The Balaban J connectivity index is 1.69. The topological polar surface area (TPSA) is 59.8 Å². The lowest BCUT2D eigenvalue weighted by atomic mass is 9.97. The molecule has 4 aromatic rings. The van der Waals surface area contributed by atoms with Crippen LogP contribution in [0.5, 0.6) is 5.75 Å². The van der Waals surface area contributed by atoms with E-state index >= 15 is 0 Å². The Hall–Kier alpha value is -4.19. The van der Waals surface area contributed by atoms with Gasteiger partial charge in [-0.15, -0.1) is 0 Å². The number of carbonyl (C=O) groups is 1. The average Bonchev–Trinajstić information content (AvgIpc) is 3.11. The summed E-state index contributed by atoms with van der Waals surface area (Å²) in [6, 6.07) is 17.9. The Morgan fingerprint density at radius 1 is 1.09 bits per heavy atom. The van der Waals surface area contributed by atoms with Gasteiger partial charge >= 0.3 is 0 Å². The second kappa shape index (κ2) is 8.63. The summed E-state index contributed by atoms with van der Waals surface area (Å²) < 4.78 is 25.1. The molecule has 1 amide bonds. The highest BCUT2D eigenvalue weighted by molar-refractivity contribution is 5.99. The number of hydrogen-bond donors (Lipinski definition) is 0. The maximum Gasteiger partial charge on any atom is 0.291 e. The molecule has 1 atom stereocenters. The van der Waals surface area contributed by atoms with Crippen molar-refractivity contribution in [2.24, 2.45) is 0 Å². The number of aryl methyl sites for hydroxylation is 1. The van der Waals surface area contributed by atoms with E-state index in [-0.39, 0.29) is 29.5 Å². The summed E-state index contributed by atoms with van der Waals surface area (Å²) >= 11 is 0. The van der Waals surface area contributed by atoms with Crippen molar-refractivity contribution >= 4 is 16.9 Å². The molecule has 0 radical (unpaired) electrons. The van der Waals surface area contributed by atoms with Crippen molar-refractivity contribution in [3.63, 3.8) is 0 Å². The van der Waals surface area contributed by atoms with Crippen LogP contribution in [-0.4, -0.2) is 17.4 Å². The third kappa shape index (κ3) is 3.77. The van der Waals surface area contributed by atoms with E-state index in [9.17, 15) is 14.0 Å². The highest BCUT2D eigenvalue weighted by Gasteiger charge is 2.42. The molecule has 0 saturated heterocycles. The van der Waals surface area contributed by atoms with Gasteiger partial charge in [-0.2, -0.15) is 0 Å². The minimum Gasteiger partial charge on any atom is -0.490 e. The van der Waals surface area contributed by atoms with Gasteiger partial charge in [0.1, 0.15) is 23.8 Å². The van der Waals surface area contributed by atoms with Crippen molar-refractivity contribution in [2.45, 2.75) is 19.5 Å². The summed E-state index contributed by atoms with van der Waals surface area (Å²) in [6.07, 6.45) is 1.64. The lowest BCUT2D eigenvalue weighted by Crippen LogP contribution is -2.29. The van der Waals surface area contributed by atoms with Crippen LogP contribution in [0.1, 0.15) is 38.9 Å². The number of carbonyl (C=O) groups excluding carboxylic acids is 1. The molecule has 0 aliphatic carbocycles. The molecular weight excluding hydrogens is 433 g/mol. The van der Waals surface area contributed by atoms with E-state index in [1.165, 1.54) is 12.1 Å². The van der Waals surface area contributed by atoms with Crippen LogP contribution in [0.3, 0.4) is 0 Å². The summed E-state index contributed by atoms with van der Waals surface area (Å²) in [7, 11) is 0. The summed E-state index contributed by atoms with van der Waals surface area (Å²) in [6.45, 7) is 6.08. The van der Waals surface area contributed by atoms with E-state index in [4.69, 9.17) is 9.15 Å². The van der Waals surface area contributed by atoms with Gasteiger partial charge in [0.15, 0.2) is 5.43 Å². The summed E-state index contributed by atoms with van der Waals surface area (Å²) in [5.41, 5.74) is 2.80. The fourth-order valence-electron chi connectivity index (χ4n) is 4.36. The number of amides is 1. The average molecular weight is 455 g/mol. The number of rotatable bonds is 6. The van der Waals surface area contributed by atoms with E-state index in [1.807, 2.05) is 31.2 Å². The highest BCUT2D eigenvalue weighted by Crippen LogP contribution is 2.40. The first-order valence-electron chi connectivity index (χ1n) is 10.9. The predicted octanol–water partition coefficient (Wildman–Crippen LogP) is 5.55. The number of ether oxygens (including phenoxy) is 1. The van der Waals surface area contributed by atoms with E-state index in [0.29, 0.717) is 28.9 Å². The Labute approximate surface area is 195 Å². The molecule has 6 heteroatoms. The molecule has 34 heavy (non-hydrogen) atoms. The van der Waals surface area contributed by atoms with Crippen LogP contribution in [0.25, 0.3) is 11.0 Å². The van der Waals surface area contributed by atoms with E-state index in [1.54, 1.807) is 41.3 Å². The largest absolute Gasteiger partial charge is 0.490 e. The SMILES string of the molecule is C=CCOc1cccc([C@@H]2c3c(oc4ccc(C)cc4c3=O)C(=O)N2Cc2ccc(F)cc2)c1. The summed E-state index contributed by atoms with van der Waals surface area (Å²) in [5, 5.41) is 0.430. The van der Waals surface area contributed by atoms with Gasteiger partial charge in [0, 0.05) is 6.54 Å². The number of fused-ring (bicyclic) bond motifs is 2. The molecule has 0 fully saturated rings. The standard InChI is InChI=1S/C28H22FNO4/c1-3-13-33-21-6-4-5-19(15-21)25-24-26(31)22-14-17(2)7-12-23(22)34-27(24)28(32)30(25)16-18-8-10-20(29)11-9-18/h3-12,14-15,25H,1,13,16H2,2H3/t25-/m1/s1.